The number of fused-ring (bicyclic) bond motifs is 1. The van der Waals surface area contributed by atoms with E-state index in [-0.39, 0.29) is 37.8 Å². The summed E-state index contributed by atoms with van der Waals surface area (Å²) in [7, 11) is 0. The molecule has 1 aromatic rings. The van der Waals surface area contributed by atoms with Gasteiger partial charge in [-0.15, -0.1) is 10.2 Å². The number of aromatic nitrogens is 3. The fourth-order valence-corrected chi connectivity index (χ4v) is 2.80. The van der Waals surface area contributed by atoms with Crippen LogP contribution in [0.2, 0.25) is 0 Å². The predicted octanol–water partition coefficient (Wildman–Crippen LogP) is 0.911. The van der Waals surface area contributed by atoms with Crippen molar-refractivity contribution in [1.82, 2.24) is 19.7 Å². The molecule has 21 heavy (non-hydrogen) atoms. The van der Waals surface area contributed by atoms with Gasteiger partial charge in [0.1, 0.15) is 0 Å². The first kappa shape index (κ1) is 14.3. The molecule has 0 spiro atoms. The molecule has 3 rings (SSSR count). The average Bonchev–Trinajstić information content (AvgIpc) is 2.79. The molecule has 1 amide bonds. The van der Waals surface area contributed by atoms with E-state index in [1.807, 2.05) is 0 Å². The predicted molar refractivity (Wildman–Crippen MR) is 65.8 cm³/mol. The van der Waals surface area contributed by atoms with Crippen LogP contribution < -0.4 is 5.73 Å². The molecular weight excluding hydrogens is 287 g/mol. The van der Waals surface area contributed by atoms with Crippen LogP contribution in [0.1, 0.15) is 37.3 Å². The maximum Gasteiger partial charge on any atom is 0.451 e. The number of nitrogens with two attached hydrogens (primary N) is 1. The minimum atomic E-state index is -4.52. The number of hydrogen-bond donors (Lipinski definition) is 1. The Labute approximate surface area is 119 Å². The molecule has 1 aliphatic heterocycles. The molecular formula is C12H16F3N5O. The smallest absolute Gasteiger partial charge is 0.333 e. The van der Waals surface area contributed by atoms with Crippen molar-refractivity contribution in [2.75, 3.05) is 6.54 Å². The average molecular weight is 303 g/mol. The van der Waals surface area contributed by atoms with Gasteiger partial charge in [0.25, 0.3) is 0 Å². The van der Waals surface area contributed by atoms with Crippen LogP contribution in [0.5, 0.6) is 0 Å². The summed E-state index contributed by atoms with van der Waals surface area (Å²) in [4.78, 5) is 13.7. The van der Waals surface area contributed by atoms with E-state index in [2.05, 4.69) is 10.2 Å². The van der Waals surface area contributed by atoms with Crippen molar-refractivity contribution in [1.29, 1.82) is 0 Å². The summed E-state index contributed by atoms with van der Waals surface area (Å²) < 4.78 is 39.2. The summed E-state index contributed by atoms with van der Waals surface area (Å²) in [5.74, 6) is -0.958. The highest BCUT2D eigenvalue weighted by molar-refractivity contribution is 5.77. The van der Waals surface area contributed by atoms with Gasteiger partial charge in [-0.25, -0.2) is 0 Å². The molecule has 2 heterocycles. The molecule has 0 unspecified atom stereocenters. The third-order valence-electron chi connectivity index (χ3n) is 4.21. The van der Waals surface area contributed by atoms with Crippen LogP contribution in [0.3, 0.4) is 0 Å². The molecule has 0 bridgehead atoms. The van der Waals surface area contributed by atoms with Crippen molar-refractivity contribution in [3.8, 4) is 0 Å². The van der Waals surface area contributed by atoms with Crippen molar-refractivity contribution in [2.45, 2.75) is 50.5 Å². The van der Waals surface area contributed by atoms with Gasteiger partial charge in [0.15, 0.2) is 5.82 Å². The molecule has 6 nitrogen and oxygen atoms in total. The van der Waals surface area contributed by atoms with Gasteiger partial charge < -0.3 is 15.2 Å². The van der Waals surface area contributed by atoms with Crippen molar-refractivity contribution >= 4 is 5.91 Å². The van der Waals surface area contributed by atoms with Crippen LogP contribution in [-0.4, -0.2) is 37.7 Å². The Hall–Kier alpha value is -1.64. The lowest BCUT2D eigenvalue weighted by Crippen LogP contribution is -2.51. The zero-order chi connectivity index (χ0) is 15.3. The highest BCUT2D eigenvalue weighted by Crippen LogP contribution is 2.33. The van der Waals surface area contributed by atoms with Crippen LogP contribution in [0.4, 0.5) is 13.2 Å². The van der Waals surface area contributed by atoms with Gasteiger partial charge >= 0.3 is 6.18 Å². The third-order valence-corrected chi connectivity index (χ3v) is 4.21. The zero-order valence-electron chi connectivity index (χ0n) is 11.4. The van der Waals surface area contributed by atoms with Crippen molar-refractivity contribution in [3.63, 3.8) is 0 Å². The summed E-state index contributed by atoms with van der Waals surface area (Å²) in [5, 5.41) is 6.74. The lowest BCUT2D eigenvalue weighted by molar-refractivity contribution is -0.148. The van der Waals surface area contributed by atoms with Gasteiger partial charge in [-0.2, -0.15) is 13.2 Å². The number of rotatable bonds is 2. The fourth-order valence-electron chi connectivity index (χ4n) is 2.80. The molecule has 1 fully saturated rings. The summed E-state index contributed by atoms with van der Waals surface area (Å²) in [6.45, 7) is 0.335. The lowest BCUT2D eigenvalue weighted by Gasteiger charge is -2.39. The molecule has 0 aromatic carbocycles. The number of hydrogen-bond acceptors (Lipinski definition) is 4. The number of nitrogens with zero attached hydrogens (tertiary/aromatic N) is 4. The van der Waals surface area contributed by atoms with Crippen molar-refractivity contribution in [2.24, 2.45) is 5.73 Å². The van der Waals surface area contributed by atoms with Crippen molar-refractivity contribution < 1.29 is 18.0 Å². The molecule has 0 atom stereocenters. The minimum absolute atomic E-state index is 0.0536. The Kier molecular flexibility index (Phi) is 3.19. The molecule has 1 aliphatic carbocycles. The van der Waals surface area contributed by atoms with Crippen LogP contribution in [0.15, 0.2) is 0 Å². The first-order chi connectivity index (χ1) is 9.78. The van der Waals surface area contributed by atoms with E-state index in [4.69, 9.17) is 5.73 Å². The lowest BCUT2D eigenvalue weighted by atomic mass is 9.75. The summed E-state index contributed by atoms with van der Waals surface area (Å²) in [6.07, 6.45) is -1.62. The van der Waals surface area contributed by atoms with Gasteiger partial charge in [-0.1, -0.05) is 0 Å². The molecule has 2 N–H and O–H groups in total. The maximum absolute atomic E-state index is 12.7. The normalized spacial score (nSPS) is 20.9. The molecule has 9 heteroatoms. The van der Waals surface area contributed by atoms with Crippen LogP contribution in [-0.2, 0) is 24.1 Å². The van der Waals surface area contributed by atoms with Crippen molar-refractivity contribution in [3.05, 3.63) is 11.6 Å². The molecule has 2 aliphatic rings. The second kappa shape index (κ2) is 4.69. The van der Waals surface area contributed by atoms with E-state index in [0.29, 0.717) is 0 Å². The van der Waals surface area contributed by atoms with Gasteiger partial charge in [-0.05, 0) is 19.3 Å². The Balaban J connectivity index is 1.70. The number of halogens is 3. The largest absolute Gasteiger partial charge is 0.451 e. The van der Waals surface area contributed by atoms with Crippen LogP contribution in [0.25, 0.3) is 0 Å². The Morgan fingerprint density at radius 2 is 2.00 bits per heavy atom. The second-order valence-electron chi connectivity index (χ2n) is 5.80. The summed E-state index contributed by atoms with van der Waals surface area (Å²) in [6, 6.07) is 0. The summed E-state index contributed by atoms with van der Waals surface area (Å²) >= 11 is 0. The first-order valence-corrected chi connectivity index (χ1v) is 6.84. The van der Waals surface area contributed by atoms with Gasteiger partial charge in [0.05, 0.1) is 6.54 Å². The first-order valence-electron chi connectivity index (χ1n) is 6.84. The van der Waals surface area contributed by atoms with Crippen LogP contribution >= 0.6 is 0 Å². The molecule has 116 valence electrons. The molecule has 0 radical (unpaired) electrons. The Bertz CT molecular complexity index is 564. The van der Waals surface area contributed by atoms with Gasteiger partial charge in [-0.3, -0.25) is 4.79 Å². The standard InChI is InChI=1S/C12H16F3N5O/c13-12(14,15)10-18-17-8-7-19(4-5-20(8)10)9(21)6-11(16)2-1-3-11/h1-7,16H2. The highest BCUT2D eigenvalue weighted by atomic mass is 19.4. The zero-order valence-corrected chi connectivity index (χ0v) is 11.4. The number of alkyl halides is 3. The maximum atomic E-state index is 12.7. The third kappa shape index (κ3) is 2.61. The highest BCUT2D eigenvalue weighted by Gasteiger charge is 2.41. The molecule has 1 saturated carbocycles. The van der Waals surface area contributed by atoms with Crippen LogP contribution in [0, 0.1) is 0 Å². The summed E-state index contributed by atoms with van der Waals surface area (Å²) in [5.41, 5.74) is 5.61. The van der Waals surface area contributed by atoms with E-state index in [1.54, 1.807) is 0 Å². The molecule has 1 aromatic heterocycles. The number of carbonyl (C=O) groups excluding carboxylic acids is 1. The fraction of sp³-hybridized carbons (Fsp3) is 0.750. The Morgan fingerprint density at radius 3 is 2.57 bits per heavy atom. The van der Waals surface area contributed by atoms with E-state index in [0.717, 1.165) is 23.8 Å². The van der Waals surface area contributed by atoms with E-state index in [9.17, 15) is 18.0 Å². The van der Waals surface area contributed by atoms with E-state index in [1.165, 1.54) is 4.90 Å². The molecule has 0 saturated heterocycles. The van der Waals surface area contributed by atoms with Gasteiger partial charge in [0.2, 0.25) is 11.7 Å². The number of amides is 1. The van der Waals surface area contributed by atoms with Gasteiger partial charge in [0, 0.05) is 25.0 Å². The topological polar surface area (TPSA) is 77.0 Å². The minimum Gasteiger partial charge on any atom is -0.333 e. The monoisotopic (exact) mass is 303 g/mol. The van der Waals surface area contributed by atoms with E-state index >= 15 is 0 Å². The quantitative estimate of drug-likeness (QED) is 0.881. The SMILES string of the molecule is NC1(CC(=O)N2CCn3c(nnc3C(F)(F)F)C2)CCC1. The number of carbonyl (C=O) groups is 1. The second-order valence-corrected chi connectivity index (χ2v) is 5.80. The Morgan fingerprint density at radius 1 is 1.29 bits per heavy atom. The van der Waals surface area contributed by atoms with E-state index < -0.39 is 17.5 Å².